The first-order valence-electron chi connectivity index (χ1n) is 7.94. The van der Waals surface area contributed by atoms with Crippen LogP contribution < -0.4 is 16.2 Å². The van der Waals surface area contributed by atoms with Gasteiger partial charge in [-0.05, 0) is 25.7 Å². The number of aromatic nitrogens is 2. The molecular formula is C15H27N5O. The maximum atomic E-state index is 5.51. The van der Waals surface area contributed by atoms with Crippen molar-refractivity contribution in [2.45, 2.75) is 46.1 Å². The molecule has 0 saturated carbocycles. The highest BCUT2D eigenvalue weighted by Gasteiger charge is 2.20. The summed E-state index contributed by atoms with van der Waals surface area (Å²) >= 11 is 0. The number of nitrogens with one attached hydrogen (secondary N) is 1. The van der Waals surface area contributed by atoms with Gasteiger partial charge in [0.15, 0.2) is 5.82 Å². The van der Waals surface area contributed by atoms with E-state index in [1.807, 2.05) is 13.0 Å². The van der Waals surface area contributed by atoms with Crippen molar-refractivity contribution in [1.82, 2.24) is 9.97 Å². The van der Waals surface area contributed by atoms with E-state index in [1.165, 1.54) is 25.7 Å². The summed E-state index contributed by atoms with van der Waals surface area (Å²) in [6.07, 6.45) is 5.09. The van der Waals surface area contributed by atoms with Gasteiger partial charge < -0.3 is 15.1 Å². The van der Waals surface area contributed by atoms with Gasteiger partial charge in [-0.2, -0.15) is 0 Å². The standard InChI is InChI=1S/C15H27N5O/c1-3-5-12-6-8-20(9-7-12)15-10-13(19-16)17-14(18-15)11-21-4-2/h10,12H,3-9,11,16H2,1-2H3,(H,17,18,19). The van der Waals surface area contributed by atoms with Gasteiger partial charge in [-0.1, -0.05) is 19.8 Å². The molecule has 0 aliphatic carbocycles. The Morgan fingerprint density at radius 1 is 1.33 bits per heavy atom. The normalized spacial score (nSPS) is 16.2. The summed E-state index contributed by atoms with van der Waals surface area (Å²) in [6.45, 7) is 7.41. The smallest absolute Gasteiger partial charge is 0.158 e. The van der Waals surface area contributed by atoms with E-state index in [9.17, 15) is 0 Å². The van der Waals surface area contributed by atoms with Crippen molar-refractivity contribution in [3.05, 3.63) is 11.9 Å². The van der Waals surface area contributed by atoms with Gasteiger partial charge >= 0.3 is 0 Å². The third-order valence-corrected chi connectivity index (χ3v) is 3.98. The summed E-state index contributed by atoms with van der Waals surface area (Å²) in [5.74, 6) is 8.64. The van der Waals surface area contributed by atoms with Crippen LogP contribution in [0.5, 0.6) is 0 Å². The molecule has 2 rings (SSSR count). The summed E-state index contributed by atoms with van der Waals surface area (Å²) in [5.41, 5.74) is 2.62. The van der Waals surface area contributed by atoms with E-state index in [2.05, 4.69) is 27.2 Å². The highest BCUT2D eigenvalue weighted by molar-refractivity contribution is 5.49. The number of ether oxygens (including phenoxy) is 1. The van der Waals surface area contributed by atoms with Gasteiger partial charge in [-0.3, -0.25) is 0 Å². The molecule has 0 spiro atoms. The lowest BCUT2D eigenvalue weighted by atomic mass is 9.92. The molecule has 21 heavy (non-hydrogen) atoms. The van der Waals surface area contributed by atoms with Crippen LogP contribution in [-0.4, -0.2) is 29.7 Å². The molecule has 1 aliphatic rings. The minimum absolute atomic E-state index is 0.422. The average Bonchev–Trinajstić information content (AvgIpc) is 2.53. The lowest BCUT2D eigenvalue weighted by Gasteiger charge is -2.33. The third-order valence-electron chi connectivity index (χ3n) is 3.98. The fourth-order valence-electron chi connectivity index (χ4n) is 2.84. The lowest BCUT2D eigenvalue weighted by molar-refractivity contribution is 0.128. The van der Waals surface area contributed by atoms with Crippen molar-refractivity contribution in [1.29, 1.82) is 0 Å². The molecule has 1 aliphatic heterocycles. The van der Waals surface area contributed by atoms with Crippen LogP contribution in [-0.2, 0) is 11.3 Å². The number of nitrogen functional groups attached to an aromatic ring is 1. The van der Waals surface area contributed by atoms with Gasteiger partial charge in [0.1, 0.15) is 18.2 Å². The van der Waals surface area contributed by atoms with Crippen molar-refractivity contribution in [2.24, 2.45) is 11.8 Å². The van der Waals surface area contributed by atoms with E-state index in [-0.39, 0.29) is 0 Å². The van der Waals surface area contributed by atoms with Gasteiger partial charge in [0.25, 0.3) is 0 Å². The fraction of sp³-hybridized carbons (Fsp3) is 0.733. The lowest BCUT2D eigenvalue weighted by Crippen LogP contribution is -2.34. The van der Waals surface area contributed by atoms with E-state index < -0.39 is 0 Å². The van der Waals surface area contributed by atoms with Crippen molar-refractivity contribution in [2.75, 3.05) is 30.0 Å². The maximum Gasteiger partial charge on any atom is 0.158 e. The maximum absolute atomic E-state index is 5.51. The van der Waals surface area contributed by atoms with Gasteiger partial charge in [-0.15, -0.1) is 0 Å². The predicted octanol–water partition coefficient (Wildman–Crippen LogP) is 2.32. The topological polar surface area (TPSA) is 76.3 Å². The summed E-state index contributed by atoms with van der Waals surface area (Å²) < 4.78 is 5.40. The van der Waals surface area contributed by atoms with E-state index in [0.717, 1.165) is 24.8 Å². The molecule has 6 heteroatoms. The van der Waals surface area contributed by atoms with Crippen LogP contribution in [0.1, 0.15) is 45.4 Å². The molecule has 0 amide bonds. The van der Waals surface area contributed by atoms with Crippen molar-refractivity contribution in [3.8, 4) is 0 Å². The molecule has 1 fully saturated rings. The molecule has 0 atom stereocenters. The molecular weight excluding hydrogens is 266 g/mol. The highest BCUT2D eigenvalue weighted by Crippen LogP contribution is 2.26. The first-order valence-corrected chi connectivity index (χ1v) is 7.94. The van der Waals surface area contributed by atoms with E-state index in [0.29, 0.717) is 24.9 Å². The van der Waals surface area contributed by atoms with Crippen molar-refractivity contribution in [3.63, 3.8) is 0 Å². The third kappa shape index (κ3) is 4.54. The monoisotopic (exact) mass is 293 g/mol. The second kappa shape index (κ2) is 8.14. The highest BCUT2D eigenvalue weighted by atomic mass is 16.5. The Morgan fingerprint density at radius 2 is 2.10 bits per heavy atom. The van der Waals surface area contributed by atoms with Gasteiger partial charge in [-0.25, -0.2) is 15.8 Å². The van der Waals surface area contributed by atoms with E-state index >= 15 is 0 Å². The van der Waals surface area contributed by atoms with Gasteiger partial charge in [0, 0.05) is 25.8 Å². The largest absolute Gasteiger partial charge is 0.374 e. The second-order valence-corrected chi connectivity index (χ2v) is 5.53. The molecule has 0 bridgehead atoms. The number of hydrazine groups is 1. The van der Waals surface area contributed by atoms with Crippen molar-refractivity contribution < 1.29 is 4.74 Å². The van der Waals surface area contributed by atoms with Crippen LogP contribution in [0.4, 0.5) is 11.6 Å². The minimum atomic E-state index is 0.422. The van der Waals surface area contributed by atoms with Crippen LogP contribution in [0.25, 0.3) is 0 Å². The molecule has 0 radical (unpaired) electrons. The quantitative estimate of drug-likeness (QED) is 0.593. The Bertz CT molecular complexity index is 432. The zero-order valence-corrected chi connectivity index (χ0v) is 13.1. The zero-order valence-electron chi connectivity index (χ0n) is 13.1. The summed E-state index contributed by atoms with van der Waals surface area (Å²) in [7, 11) is 0. The molecule has 2 heterocycles. The zero-order chi connectivity index (χ0) is 15.1. The molecule has 3 N–H and O–H groups in total. The number of hydrogen-bond donors (Lipinski definition) is 2. The first-order chi connectivity index (χ1) is 10.3. The fourth-order valence-corrected chi connectivity index (χ4v) is 2.84. The van der Waals surface area contributed by atoms with Crippen molar-refractivity contribution >= 4 is 11.6 Å². The SMILES string of the molecule is CCCC1CCN(c2cc(NN)nc(COCC)n2)CC1. The van der Waals surface area contributed by atoms with E-state index in [1.54, 1.807) is 0 Å². The minimum Gasteiger partial charge on any atom is -0.374 e. The van der Waals surface area contributed by atoms with E-state index in [4.69, 9.17) is 10.6 Å². The van der Waals surface area contributed by atoms with Crippen LogP contribution in [0, 0.1) is 5.92 Å². The predicted molar refractivity (Wildman–Crippen MR) is 85.0 cm³/mol. The first kappa shape index (κ1) is 16.0. The number of nitrogens with two attached hydrogens (primary N) is 1. The Balaban J connectivity index is 2.04. The molecule has 1 aromatic heterocycles. The van der Waals surface area contributed by atoms with Gasteiger partial charge in [0.05, 0.1) is 0 Å². The number of piperidine rings is 1. The molecule has 118 valence electrons. The summed E-state index contributed by atoms with van der Waals surface area (Å²) in [5, 5.41) is 0. The molecule has 1 aromatic rings. The summed E-state index contributed by atoms with van der Waals surface area (Å²) in [6, 6.07) is 1.91. The summed E-state index contributed by atoms with van der Waals surface area (Å²) in [4.78, 5) is 11.3. The van der Waals surface area contributed by atoms with Crippen LogP contribution in [0.3, 0.4) is 0 Å². The number of anilines is 2. The van der Waals surface area contributed by atoms with Gasteiger partial charge in [0.2, 0.25) is 0 Å². The Labute approximate surface area is 127 Å². The Hall–Kier alpha value is -1.40. The number of rotatable bonds is 7. The number of hydrogen-bond acceptors (Lipinski definition) is 6. The van der Waals surface area contributed by atoms with Crippen LogP contribution >= 0.6 is 0 Å². The Morgan fingerprint density at radius 3 is 2.71 bits per heavy atom. The average molecular weight is 293 g/mol. The molecule has 0 aromatic carbocycles. The van der Waals surface area contributed by atoms with Crippen LogP contribution in [0.15, 0.2) is 6.07 Å². The molecule has 1 saturated heterocycles. The number of nitrogens with zero attached hydrogens (tertiary/aromatic N) is 3. The second-order valence-electron chi connectivity index (χ2n) is 5.53. The van der Waals surface area contributed by atoms with Crippen LogP contribution in [0.2, 0.25) is 0 Å². The molecule has 6 nitrogen and oxygen atoms in total. The molecule has 0 unspecified atom stereocenters. The Kier molecular flexibility index (Phi) is 6.20.